The van der Waals surface area contributed by atoms with Crippen molar-refractivity contribution >= 4 is 38.1 Å². The van der Waals surface area contributed by atoms with Gasteiger partial charge >= 0.3 is 0 Å². The Labute approximate surface area is 139 Å². The average molecular weight is 354 g/mol. The molecule has 0 saturated carbocycles. The number of hydrogen-bond acceptors (Lipinski definition) is 6. The van der Waals surface area contributed by atoms with Gasteiger partial charge in [-0.3, -0.25) is 9.52 Å². The second kappa shape index (κ2) is 8.04. The Morgan fingerprint density at radius 3 is 2.87 bits per heavy atom. The first-order chi connectivity index (χ1) is 11.0. The molecule has 0 unspecified atom stereocenters. The van der Waals surface area contributed by atoms with E-state index in [0.717, 1.165) is 6.54 Å². The number of aromatic nitrogens is 1. The fourth-order valence-electron chi connectivity index (χ4n) is 1.84. The van der Waals surface area contributed by atoms with Crippen molar-refractivity contribution in [2.75, 3.05) is 23.6 Å². The van der Waals surface area contributed by atoms with E-state index in [4.69, 9.17) is 0 Å². The van der Waals surface area contributed by atoms with Crippen molar-refractivity contribution < 1.29 is 13.2 Å². The molecular weight excluding hydrogens is 336 g/mol. The number of sulfonamides is 1. The van der Waals surface area contributed by atoms with E-state index in [0.29, 0.717) is 23.7 Å². The Morgan fingerprint density at radius 1 is 1.35 bits per heavy atom. The molecule has 124 valence electrons. The molecule has 0 saturated heterocycles. The third-order valence-corrected chi connectivity index (χ3v) is 5.07. The van der Waals surface area contributed by atoms with Crippen molar-refractivity contribution in [1.82, 2.24) is 10.3 Å². The molecule has 1 aromatic heterocycles. The summed E-state index contributed by atoms with van der Waals surface area (Å²) in [6.07, 6.45) is 2.60. The topological polar surface area (TPSA) is 100 Å². The van der Waals surface area contributed by atoms with E-state index >= 15 is 0 Å². The number of benzene rings is 1. The molecule has 23 heavy (non-hydrogen) atoms. The zero-order chi connectivity index (χ0) is 16.7. The maximum Gasteiger partial charge on any atom is 0.263 e. The Balaban J connectivity index is 2.05. The van der Waals surface area contributed by atoms with Gasteiger partial charge in [-0.15, -0.1) is 11.3 Å². The van der Waals surface area contributed by atoms with Gasteiger partial charge in [-0.2, -0.15) is 0 Å². The standard InChI is InChI=1S/C14H18N4O3S2/c1-15-7-3-6-13(19)17-11-4-2-5-12(10-11)23(20,21)18-14-16-8-9-22-14/h2,4-5,8-10,15H,3,6-7H2,1H3,(H,16,18)(H,17,19). The van der Waals surface area contributed by atoms with Gasteiger partial charge in [0.05, 0.1) is 4.90 Å². The van der Waals surface area contributed by atoms with Crippen LogP contribution in [0.15, 0.2) is 40.7 Å². The van der Waals surface area contributed by atoms with Crippen LogP contribution in [0, 0.1) is 0 Å². The summed E-state index contributed by atoms with van der Waals surface area (Å²) in [5.74, 6) is -0.150. The van der Waals surface area contributed by atoms with Crippen LogP contribution in [-0.2, 0) is 14.8 Å². The predicted octanol–water partition coefficient (Wildman–Crippen LogP) is 1.88. The SMILES string of the molecule is CNCCCC(=O)Nc1cccc(S(=O)(=O)Nc2nccs2)c1. The maximum atomic E-state index is 12.3. The van der Waals surface area contributed by atoms with Crippen LogP contribution in [0.4, 0.5) is 10.8 Å². The summed E-state index contributed by atoms with van der Waals surface area (Å²) < 4.78 is 27.0. The third kappa shape index (κ3) is 5.31. The molecule has 2 aromatic rings. The molecular formula is C14H18N4O3S2. The van der Waals surface area contributed by atoms with Crippen LogP contribution in [0.5, 0.6) is 0 Å². The third-order valence-electron chi connectivity index (χ3n) is 2.91. The summed E-state index contributed by atoms with van der Waals surface area (Å²) in [5, 5.41) is 7.64. The molecule has 9 heteroatoms. The van der Waals surface area contributed by atoms with E-state index in [1.165, 1.54) is 29.7 Å². The summed E-state index contributed by atoms with van der Waals surface area (Å²) in [5.41, 5.74) is 0.446. The zero-order valence-electron chi connectivity index (χ0n) is 12.6. The number of amides is 1. The first kappa shape index (κ1) is 17.4. The minimum Gasteiger partial charge on any atom is -0.326 e. The maximum absolute atomic E-state index is 12.3. The zero-order valence-corrected chi connectivity index (χ0v) is 14.2. The lowest BCUT2D eigenvalue weighted by Gasteiger charge is -2.09. The number of carbonyl (C=O) groups excluding carboxylic acids is 1. The van der Waals surface area contributed by atoms with Gasteiger partial charge in [0, 0.05) is 23.7 Å². The van der Waals surface area contributed by atoms with E-state index in [1.54, 1.807) is 17.5 Å². The molecule has 1 heterocycles. The smallest absolute Gasteiger partial charge is 0.263 e. The molecule has 3 N–H and O–H groups in total. The van der Waals surface area contributed by atoms with Gasteiger partial charge in [-0.05, 0) is 38.2 Å². The Hall–Kier alpha value is -1.97. The lowest BCUT2D eigenvalue weighted by molar-refractivity contribution is -0.116. The molecule has 0 radical (unpaired) electrons. The van der Waals surface area contributed by atoms with Crippen LogP contribution in [0.25, 0.3) is 0 Å². The molecule has 0 bridgehead atoms. The Morgan fingerprint density at radius 2 is 2.17 bits per heavy atom. The summed E-state index contributed by atoms with van der Waals surface area (Å²) in [4.78, 5) is 15.8. The van der Waals surface area contributed by atoms with E-state index < -0.39 is 10.0 Å². The Kier molecular flexibility index (Phi) is 6.08. The first-order valence-electron chi connectivity index (χ1n) is 6.98. The lowest BCUT2D eigenvalue weighted by atomic mass is 10.2. The molecule has 7 nitrogen and oxygen atoms in total. The van der Waals surface area contributed by atoms with Gasteiger partial charge in [0.2, 0.25) is 5.91 Å². The second-order valence-electron chi connectivity index (χ2n) is 4.73. The highest BCUT2D eigenvalue weighted by molar-refractivity contribution is 7.93. The fourth-order valence-corrected chi connectivity index (χ4v) is 3.67. The van der Waals surface area contributed by atoms with Crippen molar-refractivity contribution in [1.29, 1.82) is 0 Å². The van der Waals surface area contributed by atoms with E-state index in [1.807, 2.05) is 7.05 Å². The van der Waals surface area contributed by atoms with Crippen molar-refractivity contribution in [3.8, 4) is 0 Å². The molecule has 1 amide bonds. The molecule has 1 aromatic carbocycles. The van der Waals surface area contributed by atoms with Crippen LogP contribution in [-0.4, -0.2) is 32.9 Å². The van der Waals surface area contributed by atoms with Crippen molar-refractivity contribution in [3.63, 3.8) is 0 Å². The lowest BCUT2D eigenvalue weighted by Crippen LogP contribution is -2.16. The van der Waals surface area contributed by atoms with Crippen LogP contribution < -0.4 is 15.4 Å². The predicted molar refractivity (Wildman–Crippen MR) is 91.2 cm³/mol. The number of hydrogen-bond donors (Lipinski definition) is 3. The molecule has 0 spiro atoms. The summed E-state index contributed by atoms with van der Waals surface area (Å²) in [7, 11) is -1.90. The normalized spacial score (nSPS) is 11.2. The van der Waals surface area contributed by atoms with Gasteiger partial charge in [0.25, 0.3) is 10.0 Å². The monoisotopic (exact) mass is 354 g/mol. The van der Waals surface area contributed by atoms with Crippen LogP contribution in [0.1, 0.15) is 12.8 Å². The first-order valence-corrected chi connectivity index (χ1v) is 9.34. The summed E-state index contributed by atoms with van der Waals surface area (Å²) in [6.45, 7) is 0.750. The average Bonchev–Trinajstić information content (AvgIpc) is 3.00. The van der Waals surface area contributed by atoms with Crippen molar-refractivity contribution in [2.24, 2.45) is 0 Å². The van der Waals surface area contributed by atoms with Gasteiger partial charge in [0.1, 0.15) is 0 Å². The van der Waals surface area contributed by atoms with E-state index in [-0.39, 0.29) is 10.8 Å². The molecule has 0 atom stereocenters. The number of nitrogens with zero attached hydrogens (tertiary/aromatic N) is 1. The van der Waals surface area contributed by atoms with E-state index in [2.05, 4.69) is 20.3 Å². The highest BCUT2D eigenvalue weighted by Gasteiger charge is 2.16. The fraction of sp³-hybridized carbons (Fsp3) is 0.286. The number of rotatable bonds is 8. The van der Waals surface area contributed by atoms with Gasteiger partial charge in [0.15, 0.2) is 5.13 Å². The quantitative estimate of drug-likeness (QED) is 0.629. The number of thiazole rings is 1. The van der Waals surface area contributed by atoms with Gasteiger partial charge < -0.3 is 10.6 Å². The highest BCUT2D eigenvalue weighted by Crippen LogP contribution is 2.20. The molecule has 2 rings (SSSR count). The van der Waals surface area contributed by atoms with Crippen molar-refractivity contribution in [2.45, 2.75) is 17.7 Å². The number of anilines is 2. The van der Waals surface area contributed by atoms with E-state index in [9.17, 15) is 13.2 Å². The van der Waals surface area contributed by atoms with Crippen LogP contribution in [0.3, 0.4) is 0 Å². The minimum atomic E-state index is -3.73. The van der Waals surface area contributed by atoms with Gasteiger partial charge in [-0.25, -0.2) is 13.4 Å². The second-order valence-corrected chi connectivity index (χ2v) is 7.30. The highest BCUT2D eigenvalue weighted by atomic mass is 32.2. The Bertz CT molecular complexity index is 745. The summed E-state index contributed by atoms with van der Waals surface area (Å²) in [6, 6.07) is 6.12. The number of carbonyl (C=O) groups is 1. The summed E-state index contributed by atoms with van der Waals surface area (Å²) >= 11 is 1.19. The van der Waals surface area contributed by atoms with Crippen LogP contribution >= 0.6 is 11.3 Å². The molecule has 0 aliphatic carbocycles. The minimum absolute atomic E-state index is 0.0701. The molecule has 0 aliphatic heterocycles. The number of nitrogens with one attached hydrogen (secondary N) is 3. The molecule has 0 aliphatic rings. The van der Waals surface area contributed by atoms with Crippen LogP contribution in [0.2, 0.25) is 0 Å². The van der Waals surface area contributed by atoms with Crippen molar-refractivity contribution in [3.05, 3.63) is 35.8 Å². The van der Waals surface area contributed by atoms with Gasteiger partial charge in [-0.1, -0.05) is 6.07 Å². The largest absolute Gasteiger partial charge is 0.326 e. The molecule has 0 fully saturated rings.